The Morgan fingerprint density at radius 3 is 0.811 bits per heavy atom. The van der Waals surface area contributed by atoms with Gasteiger partial charge < -0.3 is 0 Å². The summed E-state index contributed by atoms with van der Waals surface area (Å²) >= 11 is 0. The first-order valence-corrected chi connectivity index (χ1v) is 35.7. The lowest BCUT2D eigenvalue weighted by molar-refractivity contribution is 0.0635. The van der Waals surface area contributed by atoms with Crippen molar-refractivity contribution in [1.82, 2.24) is 31.9 Å². The number of fused-ring (bicyclic) bond motifs is 2. The van der Waals surface area contributed by atoms with Crippen LogP contribution in [0.4, 0.5) is 0 Å². The Labute approximate surface area is 529 Å². The first-order chi connectivity index (χ1) is 43.0. The van der Waals surface area contributed by atoms with Gasteiger partial charge in [-0.1, -0.05) is 125 Å². The SMILES string of the molecule is Cc1ccc(S(=O)(=O)N(CCCN2C(=O)c3ccccc3C2=O)CCCN(CCN(CCN(CCCN(CCCN2C(=O)c3ccccc3C2=O)S(=O)(=O)c2ccc(C)cc2)S(=O)(=O)c2ccc(C)cc2)Cc2ccccc2)S(=O)(=O)c2ccc(C)cc2)cc1. The van der Waals surface area contributed by atoms with Crippen molar-refractivity contribution < 1.29 is 52.8 Å². The van der Waals surface area contributed by atoms with Crippen LogP contribution in [0.25, 0.3) is 0 Å². The number of nitrogens with zero attached hydrogens (tertiary/aromatic N) is 7. The van der Waals surface area contributed by atoms with Crippen LogP contribution >= 0.6 is 0 Å². The highest BCUT2D eigenvalue weighted by atomic mass is 32.2. The van der Waals surface area contributed by atoms with Crippen LogP contribution < -0.4 is 0 Å². The first kappa shape index (κ1) is 66.8. The number of hydrogen-bond acceptors (Lipinski definition) is 13. The minimum atomic E-state index is -4.26. The van der Waals surface area contributed by atoms with E-state index in [-0.39, 0.29) is 153 Å². The molecule has 0 saturated heterocycles. The van der Waals surface area contributed by atoms with Gasteiger partial charge in [0, 0.05) is 85.1 Å². The molecule has 0 atom stereocenters. The van der Waals surface area contributed by atoms with Gasteiger partial charge in [-0.3, -0.25) is 33.9 Å². The summed E-state index contributed by atoms with van der Waals surface area (Å²) in [5.41, 5.74) is 5.29. The van der Waals surface area contributed by atoms with Crippen LogP contribution in [-0.4, -0.2) is 168 Å². The van der Waals surface area contributed by atoms with E-state index >= 15 is 0 Å². The number of carbonyl (C=O) groups is 4. The molecular weight excluding hydrogens is 1220 g/mol. The van der Waals surface area contributed by atoms with Crippen molar-refractivity contribution >= 4 is 63.7 Å². The fourth-order valence-electron chi connectivity index (χ4n) is 11.0. The standard InChI is InChI=1S/C67H75N7O12S4/c1-51-22-30-56(31-23-51)87(79,80)69(42-14-44-73-64(75)60-18-8-9-19-61(60)65(73)76)38-12-40-71(89(83,84)58-34-26-53(3)27-35-58)48-46-68(50-55-16-6-5-7-17-55)47-49-72(90(85,86)59-36-28-54(4)29-37-59)41-13-39-70(88(81,82)57-32-24-52(2)25-33-57)43-15-45-74-66(77)62-20-10-11-21-63(62)67(74)78/h5-11,16-37H,12-15,38-50H2,1-4H3. The van der Waals surface area contributed by atoms with Crippen molar-refractivity contribution in [3.63, 3.8) is 0 Å². The van der Waals surface area contributed by atoms with Crippen LogP contribution in [0, 0.1) is 27.7 Å². The molecule has 0 fully saturated rings. The number of amides is 4. The Morgan fingerprint density at radius 2 is 0.533 bits per heavy atom. The smallest absolute Gasteiger partial charge is 0.261 e. The van der Waals surface area contributed by atoms with Gasteiger partial charge in [0.2, 0.25) is 40.1 Å². The predicted molar refractivity (Wildman–Crippen MR) is 344 cm³/mol. The summed E-state index contributed by atoms with van der Waals surface area (Å²) in [4.78, 5) is 57.4. The van der Waals surface area contributed by atoms with Gasteiger partial charge >= 0.3 is 0 Å². The number of aryl methyl sites for hydroxylation is 4. The second-order valence-corrected chi connectivity index (χ2v) is 30.4. The van der Waals surface area contributed by atoms with Crippen molar-refractivity contribution in [2.45, 2.75) is 79.5 Å². The first-order valence-electron chi connectivity index (χ1n) is 29.9. The van der Waals surface area contributed by atoms with Gasteiger partial charge in [-0.25, -0.2) is 33.7 Å². The second kappa shape index (κ2) is 29.1. The molecular formula is C67H75N7O12S4. The van der Waals surface area contributed by atoms with E-state index in [0.29, 0.717) is 0 Å². The van der Waals surface area contributed by atoms with Gasteiger partial charge in [-0.2, -0.15) is 17.2 Å². The molecule has 474 valence electrons. The minimum Gasteiger partial charge on any atom is -0.296 e. The average molecular weight is 1300 g/mol. The van der Waals surface area contributed by atoms with E-state index in [9.17, 15) is 52.8 Å². The van der Waals surface area contributed by atoms with E-state index in [1.165, 1.54) is 65.8 Å². The van der Waals surface area contributed by atoms with E-state index in [1.807, 2.05) is 62.9 Å². The van der Waals surface area contributed by atoms with E-state index in [2.05, 4.69) is 0 Å². The number of benzene rings is 7. The maximum Gasteiger partial charge on any atom is 0.261 e. The Kier molecular flexibility index (Phi) is 21.6. The largest absolute Gasteiger partial charge is 0.296 e. The third-order valence-corrected chi connectivity index (χ3v) is 23.8. The van der Waals surface area contributed by atoms with Gasteiger partial charge in [0.15, 0.2) is 0 Å². The summed E-state index contributed by atoms with van der Waals surface area (Å²) in [6.45, 7) is 6.72. The fraction of sp³-hybridized carbons (Fsp3) is 0.313. The minimum absolute atomic E-state index is 0.0187. The van der Waals surface area contributed by atoms with Gasteiger partial charge in [0.05, 0.1) is 41.8 Å². The zero-order valence-electron chi connectivity index (χ0n) is 50.9. The third-order valence-electron chi connectivity index (χ3n) is 16.2. The molecule has 7 aromatic rings. The Hall–Kier alpha value is -7.58. The van der Waals surface area contributed by atoms with Crippen LogP contribution in [0.1, 0.15) is 94.9 Å². The molecule has 7 aromatic carbocycles. The Balaban J connectivity index is 0.952. The van der Waals surface area contributed by atoms with Crippen molar-refractivity contribution in [2.24, 2.45) is 0 Å². The van der Waals surface area contributed by atoms with E-state index in [1.54, 1.807) is 97.1 Å². The number of hydrogen-bond donors (Lipinski definition) is 0. The summed E-state index contributed by atoms with van der Waals surface area (Å²) in [7, 11) is -16.9. The Bertz CT molecular complexity index is 3860. The molecule has 0 saturated carbocycles. The second-order valence-electron chi connectivity index (χ2n) is 22.7. The molecule has 2 heterocycles. The third kappa shape index (κ3) is 15.6. The van der Waals surface area contributed by atoms with Crippen molar-refractivity contribution in [2.75, 3.05) is 78.5 Å². The lowest BCUT2D eigenvalue weighted by atomic mass is 10.1. The predicted octanol–water partition coefficient (Wildman–Crippen LogP) is 8.64. The van der Waals surface area contributed by atoms with E-state index in [0.717, 1.165) is 37.6 Å². The molecule has 0 radical (unpaired) electrons. The van der Waals surface area contributed by atoms with Gasteiger partial charge in [-0.05, 0) is 132 Å². The molecule has 0 N–H and O–H groups in total. The molecule has 0 aromatic heterocycles. The summed E-state index contributed by atoms with van der Waals surface area (Å²) in [5.74, 6) is -1.87. The molecule has 2 aliphatic rings. The monoisotopic (exact) mass is 1300 g/mol. The molecule has 9 rings (SSSR count). The van der Waals surface area contributed by atoms with E-state index in [4.69, 9.17) is 0 Å². The van der Waals surface area contributed by atoms with Crippen molar-refractivity contribution in [3.8, 4) is 0 Å². The van der Waals surface area contributed by atoms with Gasteiger partial charge in [0.25, 0.3) is 23.6 Å². The van der Waals surface area contributed by atoms with Gasteiger partial charge in [-0.15, -0.1) is 0 Å². The normalized spacial score (nSPS) is 13.9. The van der Waals surface area contributed by atoms with E-state index < -0.39 is 63.7 Å². The molecule has 0 spiro atoms. The highest BCUT2D eigenvalue weighted by Crippen LogP contribution is 2.27. The zero-order chi connectivity index (χ0) is 64.4. The van der Waals surface area contributed by atoms with Crippen molar-refractivity contribution in [1.29, 1.82) is 0 Å². The molecule has 4 amide bonds. The average Bonchev–Trinajstić information content (AvgIpc) is 1.55. The maximum absolute atomic E-state index is 14.9. The molecule has 0 aliphatic carbocycles. The maximum atomic E-state index is 14.9. The topological polar surface area (TPSA) is 228 Å². The summed E-state index contributed by atoms with van der Waals surface area (Å²) in [6, 6.07) is 47.9. The highest BCUT2D eigenvalue weighted by Gasteiger charge is 2.37. The number of rotatable bonds is 32. The Morgan fingerprint density at radius 1 is 0.289 bits per heavy atom. The number of carbonyl (C=O) groups excluding carboxylic acids is 4. The summed E-state index contributed by atoms with van der Waals surface area (Å²) in [6.07, 6.45) is 0.256. The zero-order valence-corrected chi connectivity index (χ0v) is 54.2. The lowest BCUT2D eigenvalue weighted by Crippen LogP contribution is -2.44. The molecule has 19 nitrogen and oxygen atoms in total. The van der Waals surface area contributed by atoms with Crippen LogP contribution in [0.2, 0.25) is 0 Å². The molecule has 2 aliphatic heterocycles. The van der Waals surface area contributed by atoms with Crippen LogP contribution in [0.5, 0.6) is 0 Å². The number of imide groups is 2. The van der Waals surface area contributed by atoms with Crippen LogP contribution in [0.15, 0.2) is 196 Å². The van der Waals surface area contributed by atoms with Crippen LogP contribution in [-0.2, 0) is 46.6 Å². The number of sulfonamides is 4. The molecule has 90 heavy (non-hydrogen) atoms. The van der Waals surface area contributed by atoms with Gasteiger partial charge in [0.1, 0.15) is 0 Å². The summed E-state index contributed by atoms with van der Waals surface area (Å²) in [5, 5.41) is 0. The molecule has 23 heteroatoms. The summed E-state index contributed by atoms with van der Waals surface area (Å²) < 4.78 is 123. The molecule has 0 bridgehead atoms. The van der Waals surface area contributed by atoms with Crippen molar-refractivity contribution in [3.05, 3.63) is 226 Å². The highest BCUT2D eigenvalue weighted by molar-refractivity contribution is 7.90. The van der Waals surface area contributed by atoms with Crippen LogP contribution in [0.3, 0.4) is 0 Å². The lowest BCUT2D eigenvalue weighted by Gasteiger charge is -2.31. The molecule has 0 unspecified atom stereocenters. The quantitative estimate of drug-likeness (QED) is 0.0360. The fourth-order valence-corrected chi connectivity index (χ4v) is 17.0.